The molecule has 1 rings (SSSR count). The van der Waals surface area contributed by atoms with E-state index >= 15 is 0 Å². The predicted molar refractivity (Wildman–Crippen MR) is 59.3 cm³/mol. The van der Waals surface area contributed by atoms with Gasteiger partial charge in [-0.2, -0.15) is 0 Å². The van der Waals surface area contributed by atoms with Gasteiger partial charge in [0.05, 0.1) is 21.3 Å². The molecule has 2 N–H and O–H groups in total. The van der Waals surface area contributed by atoms with Crippen LogP contribution in [0.2, 0.25) is 0 Å². The van der Waals surface area contributed by atoms with E-state index in [0.717, 1.165) is 5.56 Å². The summed E-state index contributed by atoms with van der Waals surface area (Å²) in [6.07, 6.45) is 0. The van der Waals surface area contributed by atoms with Gasteiger partial charge in [-0.05, 0) is 12.1 Å². The summed E-state index contributed by atoms with van der Waals surface area (Å²) in [5, 5.41) is 0. The lowest BCUT2D eigenvalue weighted by Crippen LogP contribution is -1.99. The highest BCUT2D eigenvalue weighted by Gasteiger charge is 2.13. The molecule has 1 aromatic rings. The standard InChI is InChI=1S/C11H15NO3/c1-7(12)8-5-9(13-2)11(15-4)10(6-8)14-3/h5-6H,1,12H2,2-4H3. The first kappa shape index (κ1) is 11.2. The van der Waals surface area contributed by atoms with Crippen LogP contribution in [0.3, 0.4) is 0 Å². The third kappa shape index (κ3) is 2.15. The van der Waals surface area contributed by atoms with Gasteiger partial charge < -0.3 is 19.9 Å². The lowest BCUT2D eigenvalue weighted by Gasteiger charge is -2.13. The van der Waals surface area contributed by atoms with Crippen LogP contribution in [0.1, 0.15) is 5.56 Å². The molecule has 0 aromatic heterocycles. The van der Waals surface area contributed by atoms with Crippen LogP contribution in [0.5, 0.6) is 17.2 Å². The van der Waals surface area contributed by atoms with Crippen LogP contribution in [0.15, 0.2) is 18.7 Å². The quantitative estimate of drug-likeness (QED) is 0.819. The Balaban J connectivity index is 3.35. The highest BCUT2D eigenvalue weighted by atomic mass is 16.5. The maximum Gasteiger partial charge on any atom is 0.203 e. The van der Waals surface area contributed by atoms with Crippen LogP contribution in [-0.4, -0.2) is 21.3 Å². The van der Waals surface area contributed by atoms with Gasteiger partial charge in [0.1, 0.15) is 0 Å². The minimum Gasteiger partial charge on any atom is -0.493 e. The van der Waals surface area contributed by atoms with Crippen LogP contribution < -0.4 is 19.9 Å². The van der Waals surface area contributed by atoms with E-state index in [1.807, 2.05) is 0 Å². The molecule has 1 aromatic carbocycles. The summed E-state index contributed by atoms with van der Waals surface area (Å²) in [4.78, 5) is 0. The van der Waals surface area contributed by atoms with Crippen LogP contribution in [-0.2, 0) is 0 Å². The first-order valence-electron chi connectivity index (χ1n) is 4.38. The molecule has 15 heavy (non-hydrogen) atoms. The number of ether oxygens (including phenoxy) is 3. The summed E-state index contributed by atoms with van der Waals surface area (Å²) in [6.45, 7) is 3.66. The lowest BCUT2D eigenvalue weighted by atomic mass is 10.1. The van der Waals surface area contributed by atoms with Crippen molar-refractivity contribution in [1.82, 2.24) is 0 Å². The van der Waals surface area contributed by atoms with E-state index in [1.165, 1.54) is 0 Å². The van der Waals surface area contributed by atoms with Crippen molar-refractivity contribution >= 4 is 5.70 Å². The van der Waals surface area contributed by atoms with Crippen molar-refractivity contribution in [2.24, 2.45) is 5.73 Å². The second-order valence-electron chi connectivity index (χ2n) is 2.94. The average molecular weight is 209 g/mol. The van der Waals surface area contributed by atoms with Gasteiger partial charge in [-0.25, -0.2) is 0 Å². The molecule has 0 saturated heterocycles. The Bertz CT molecular complexity index is 349. The van der Waals surface area contributed by atoms with Crippen molar-refractivity contribution in [2.75, 3.05) is 21.3 Å². The minimum atomic E-state index is 0.453. The maximum atomic E-state index is 5.61. The molecule has 4 nitrogen and oxygen atoms in total. The van der Waals surface area contributed by atoms with E-state index in [2.05, 4.69) is 6.58 Å². The van der Waals surface area contributed by atoms with Gasteiger partial charge in [0.25, 0.3) is 0 Å². The molecule has 0 spiro atoms. The molecule has 0 heterocycles. The van der Waals surface area contributed by atoms with E-state index in [1.54, 1.807) is 33.5 Å². The third-order valence-corrected chi connectivity index (χ3v) is 2.04. The average Bonchev–Trinajstić information content (AvgIpc) is 2.26. The summed E-state index contributed by atoms with van der Waals surface area (Å²) < 4.78 is 15.5. The smallest absolute Gasteiger partial charge is 0.203 e. The van der Waals surface area contributed by atoms with E-state index < -0.39 is 0 Å². The molecule has 0 amide bonds. The Morgan fingerprint density at radius 3 is 1.80 bits per heavy atom. The van der Waals surface area contributed by atoms with Crippen LogP contribution in [0.4, 0.5) is 0 Å². The summed E-state index contributed by atoms with van der Waals surface area (Å²) in [5.74, 6) is 1.68. The van der Waals surface area contributed by atoms with Crippen molar-refractivity contribution in [2.45, 2.75) is 0 Å². The molecule has 0 atom stereocenters. The monoisotopic (exact) mass is 209 g/mol. The number of rotatable bonds is 4. The Hall–Kier alpha value is -1.84. The molecule has 0 aliphatic rings. The number of methoxy groups -OCH3 is 3. The highest BCUT2D eigenvalue weighted by molar-refractivity contribution is 5.67. The fourth-order valence-electron chi connectivity index (χ4n) is 1.27. The molecule has 0 bridgehead atoms. The Morgan fingerprint density at radius 1 is 1.07 bits per heavy atom. The lowest BCUT2D eigenvalue weighted by molar-refractivity contribution is 0.324. The third-order valence-electron chi connectivity index (χ3n) is 2.04. The first-order valence-corrected chi connectivity index (χ1v) is 4.38. The highest BCUT2D eigenvalue weighted by Crippen LogP contribution is 2.38. The fourth-order valence-corrected chi connectivity index (χ4v) is 1.27. The topological polar surface area (TPSA) is 53.7 Å². The summed E-state index contributed by atoms with van der Waals surface area (Å²) in [5.41, 5.74) is 6.81. The normalized spacial score (nSPS) is 9.53. The van der Waals surface area contributed by atoms with Crippen molar-refractivity contribution in [3.05, 3.63) is 24.3 Å². The molecular formula is C11H15NO3. The zero-order chi connectivity index (χ0) is 11.4. The van der Waals surface area contributed by atoms with Crippen LogP contribution in [0.25, 0.3) is 5.70 Å². The number of benzene rings is 1. The fraction of sp³-hybridized carbons (Fsp3) is 0.273. The molecule has 0 fully saturated rings. The zero-order valence-electron chi connectivity index (χ0n) is 9.16. The Morgan fingerprint density at radius 2 is 1.53 bits per heavy atom. The van der Waals surface area contributed by atoms with E-state index in [9.17, 15) is 0 Å². The van der Waals surface area contributed by atoms with Gasteiger partial charge in [0.15, 0.2) is 11.5 Å². The number of hydrogen-bond acceptors (Lipinski definition) is 4. The van der Waals surface area contributed by atoms with Gasteiger partial charge >= 0.3 is 0 Å². The molecular weight excluding hydrogens is 194 g/mol. The van der Waals surface area contributed by atoms with Gasteiger partial charge in [0.2, 0.25) is 5.75 Å². The minimum absolute atomic E-state index is 0.453. The molecule has 0 aliphatic carbocycles. The second-order valence-corrected chi connectivity index (χ2v) is 2.94. The molecule has 0 radical (unpaired) electrons. The van der Waals surface area contributed by atoms with Gasteiger partial charge in [-0.1, -0.05) is 6.58 Å². The van der Waals surface area contributed by atoms with Gasteiger partial charge in [0, 0.05) is 11.3 Å². The molecule has 4 heteroatoms. The van der Waals surface area contributed by atoms with Crippen LogP contribution in [0, 0.1) is 0 Å². The van der Waals surface area contributed by atoms with Crippen molar-refractivity contribution in [3.63, 3.8) is 0 Å². The molecule has 0 unspecified atom stereocenters. The SMILES string of the molecule is C=C(N)c1cc(OC)c(OC)c(OC)c1. The van der Waals surface area contributed by atoms with E-state index in [-0.39, 0.29) is 0 Å². The van der Waals surface area contributed by atoms with Crippen molar-refractivity contribution in [1.29, 1.82) is 0 Å². The Labute approximate surface area is 89.2 Å². The molecule has 82 valence electrons. The first-order chi connectivity index (χ1) is 7.13. The molecule has 0 aliphatic heterocycles. The second kappa shape index (κ2) is 4.59. The molecule has 0 saturated carbocycles. The van der Waals surface area contributed by atoms with Gasteiger partial charge in [-0.15, -0.1) is 0 Å². The van der Waals surface area contributed by atoms with E-state index in [4.69, 9.17) is 19.9 Å². The number of hydrogen-bond donors (Lipinski definition) is 1. The zero-order valence-corrected chi connectivity index (χ0v) is 9.16. The van der Waals surface area contributed by atoms with Gasteiger partial charge in [-0.3, -0.25) is 0 Å². The largest absolute Gasteiger partial charge is 0.493 e. The number of nitrogens with two attached hydrogens (primary N) is 1. The summed E-state index contributed by atoms with van der Waals surface area (Å²) >= 11 is 0. The van der Waals surface area contributed by atoms with Crippen LogP contribution >= 0.6 is 0 Å². The Kier molecular flexibility index (Phi) is 3.44. The summed E-state index contributed by atoms with van der Waals surface area (Å²) in [7, 11) is 4.66. The van der Waals surface area contributed by atoms with E-state index in [0.29, 0.717) is 22.9 Å². The summed E-state index contributed by atoms with van der Waals surface area (Å²) in [6, 6.07) is 3.51. The van der Waals surface area contributed by atoms with Crippen molar-refractivity contribution < 1.29 is 14.2 Å². The maximum absolute atomic E-state index is 5.61. The predicted octanol–water partition coefficient (Wildman–Crippen LogP) is 1.64. The van der Waals surface area contributed by atoms with Crippen molar-refractivity contribution in [3.8, 4) is 17.2 Å².